The van der Waals surface area contributed by atoms with E-state index in [2.05, 4.69) is 0 Å². The van der Waals surface area contributed by atoms with Crippen LogP contribution in [0.15, 0.2) is 65.7 Å². The van der Waals surface area contributed by atoms with Crippen molar-refractivity contribution >= 4 is 20.9 Å². The molecule has 3 nitrogen and oxygen atoms in total. The molecule has 0 saturated heterocycles. The van der Waals surface area contributed by atoms with Crippen LogP contribution >= 0.6 is 0 Å². The molecule has 1 aromatic heterocycles. The molecule has 3 aromatic rings. The van der Waals surface area contributed by atoms with E-state index in [-0.39, 0.29) is 0 Å². The minimum atomic E-state index is -3.53. The van der Waals surface area contributed by atoms with Gasteiger partial charge in [0.2, 0.25) is 0 Å². The third kappa shape index (κ3) is 1.85. The monoisotopic (exact) mass is 271 g/mol. The van der Waals surface area contributed by atoms with Crippen molar-refractivity contribution in [2.45, 2.75) is 11.8 Å². The van der Waals surface area contributed by atoms with E-state index in [1.807, 2.05) is 31.2 Å². The third-order valence-electron chi connectivity index (χ3n) is 3.18. The number of fused-ring (bicyclic) bond motifs is 1. The maximum Gasteiger partial charge on any atom is 0.268 e. The number of para-hydroxylation sites is 1. The van der Waals surface area contributed by atoms with Crippen molar-refractivity contribution in [3.05, 3.63) is 66.4 Å². The molecule has 19 heavy (non-hydrogen) atoms. The summed E-state index contributed by atoms with van der Waals surface area (Å²) in [6.07, 6.45) is 1.67. The Balaban J connectivity index is 2.31. The largest absolute Gasteiger partial charge is 0.268 e. The summed E-state index contributed by atoms with van der Waals surface area (Å²) < 4.78 is 26.6. The lowest BCUT2D eigenvalue weighted by Gasteiger charge is -2.07. The molecule has 0 aliphatic carbocycles. The zero-order chi connectivity index (χ0) is 13.5. The normalized spacial score (nSPS) is 11.8. The quantitative estimate of drug-likeness (QED) is 0.718. The standard InChI is InChI=1S/C15H13NO2S/c1-12-11-16(15-10-6-5-9-14(12)15)19(17,18)13-7-3-2-4-8-13/h2-11H,1H3. The van der Waals surface area contributed by atoms with Crippen LogP contribution in [0.1, 0.15) is 5.56 Å². The van der Waals surface area contributed by atoms with E-state index in [4.69, 9.17) is 0 Å². The van der Waals surface area contributed by atoms with Crippen LogP contribution in [0.4, 0.5) is 0 Å². The van der Waals surface area contributed by atoms with Crippen LogP contribution in [0.5, 0.6) is 0 Å². The van der Waals surface area contributed by atoms with E-state index in [1.165, 1.54) is 3.97 Å². The maximum absolute atomic E-state index is 12.6. The number of nitrogens with zero attached hydrogens (tertiary/aromatic N) is 1. The average molecular weight is 271 g/mol. The van der Waals surface area contributed by atoms with Gasteiger partial charge in [0.25, 0.3) is 10.0 Å². The van der Waals surface area contributed by atoms with Crippen molar-refractivity contribution < 1.29 is 8.42 Å². The second-order valence-electron chi connectivity index (χ2n) is 4.44. The van der Waals surface area contributed by atoms with Crippen molar-refractivity contribution in [2.24, 2.45) is 0 Å². The van der Waals surface area contributed by atoms with E-state index >= 15 is 0 Å². The van der Waals surface area contributed by atoms with Gasteiger partial charge in [-0.15, -0.1) is 0 Å². The summed E-state index contributed by atoms with van der Waals surface area (Å²) in [5.74, 6) is 0. The molecule has 0 aliphatic rings. The Kier molecular flexibility index (Phi) is 2.68. The lowest BCUT2D eigenvalue weighted by atomic mass is 10.2. The Labute approximate surface area is 112 Å². The lowest BCUT2D eigenvalue weighted by Crippen LogP contribution is -2.11. The Morgan fingerprint density at radius 1 is 0.895 bits per heavy atom. The van der Waals surface area contributed by atoms with Crippen molar-refractivity contribution in [3.8, 4) is 0 Å². The molecular weight excluding hydrogens is 258 g/mol. The second-order valence-corrected chi connectivity index (χ2v) is 6.26. The van der Waals surface area contributed by atoms with Crippen LogP contribution in [-0.4, -0.2) is 12.4 Å². The van der Waals surface area contributed by atoms with Crippen LogP contribution < -0.4 is 0 Å². The van der Waals surface area contributed by atoms with E-state index in [1.54, 1.807) is 36.5 Å². The van der Waals surface area contributed by atoms with Crippen LogP contribution in [0.2, 0.25) is 0 Å². The molecular formula is C15H13NO2S. The molecule has 0 aliphatic heterocycles. The van der Waals surface area contributed by atoms with Crippen LogP contribution in [0.3, 0.4) is 0 Å². The zero-order valence-electron chi connectivity index (χ0n) is 10.4. The molecule has 3 rings (SSSR count). The number of hydrogen-bond acceptors (Lipinski definition) is 2. The molecule has 0 spiro atoms. The summed E-state index contributed by atoms with van der Waals surface area (Å²) >= 11 is 0. The molecule has 1 heterocycles. The highest BCUT2D eigenvalue weighted by atomic mass is 32.2. The molecule has 0 atom stereocenters. The lowest BCUT2D eigenvalue weighted by molar-refractivity contribution is 0.589. The van der Waals surface area contributed by atoms with Crippen LogP contribution in [-0.2, 0) is 10.0 Å². The molecule has 0 bridgehead atoms. The highest BCUT2D eigenvalue weighted by Crippen LogP contribution is 2.25. The summed E-state index contributed by atoms with van der Waals surface area (Å²) in [6, 6.07) is 16.0. The molecule has 0 unspecified atom stereocenters. The summed E-state index contributed by atoms with van der Waals surface area (Å²) in [6.45, 7) is 1.92. The fourth-order valence-electron chi connectivity index (χ4n) is 2.22. The van der Waals surface area contributed by atoms with Crippen molar-refractivity contribution in [2.75, 3.05) is 0 Å². The number of aromatic nitrogens is 1. The first-order chi connectivity index (χ1) is 9.10. The van der Waals surface area contributed by atoms with Gasteiger partial charge in [0, 0.05) is 11.6 Å². The fourth-order valence-corrected chi connectivity index (χ4v) is 3.66. The minimum Gasteiger partial charge on any atom is -0.241 e. The van der Waals surface area contributed by atoms with Crippen molar-refractivity contribution in [1.82, 2.24) is 3.97 Å². The molecule has 0 fully saturated rings. The van der Waals surface area contributed by atoms with Crippen LogP contribution in [0.25, 0.3) is 10.9 Å². The molecule has 0 amide bonds. The zero-order valence-corrected chi connectivity index (χ0v) is 11.3. The van der Waals surface area contributed by atoms with E-state index in [0.717, 1.165) is 10.9 Å². The number of hydrogen-bond donors (Lipinski definition) is 0. The Morgan fingerprint density at radius 3 is 2.26 bits per heavy atom. The molecule has 4 heteroatoms. The van der Waals surface area contributed by atoms with Gasteiger partial charge < -0.3 is 0 Å². The highest BCUT2D eigenvalue weighted by Gasteiger charge is 2.19. The predicted molar refractivity (Wildman–Crippen MR) is 75.7 cm³/mol. The average Bonchev–Trinajstić information content (AvgIpc) is 2.79. The van der Waals surface area contributed by atoms with E-state index in [0.29, 0.717) is 10.4 Å². The first-order valence-electron chi connectivity index (χ1n) is 5.98. The number of aryl methyl sites for hydroxylation is 1. The molecule has 0 N–H and O–H groups in total. The van der Waals surface area contributed by atoms with Gasteiger partial charge in [-0.05, 0) is 30.7 Å². The summed E-state index contributed by atoms with van der Waals surface area (Å²) in [5, 5.41) is 0.960. The van der Waals surface area contributed by atoms with Gasteiger partial charge >= 0.3 is 0 Å². The minimum absolute atomic E-state index is 0.302. The highest BCUT2D eigenvalue weighted by molar-refractivity contribution is 7.90. The summed E-state index contributed by atoms with van der Waals surface area (Å²) in [7, 11) is -3.53. The Bertz CT molecular complexity index is 833. The Morgan fingerprint density at radius 2 is 1.53 bits per heavy atom. The second kappa shape index (κ2) is 4.24. The summed E-state index contributed by atoms with van der Waals surface area (Å²) in [4.78, 5) is 0.302. The molecule has 2 aromatic carbocycles. The van der Waals surface area contributed by atoms with E-state index < -0.39 is 10.0 Å². The molecule has 96 valence electrons. The van der Waals surface area contributed by atoms with Gasteiger partial charge in [0.15, 0.2) is 0 Å². The fraction of sp³-hybridized carbons (Fsp3) is 0.0667. The number of benzene rings is 2. The first kappa shape index (κ1) is 12.0. The maximum atomic E-state index is 12.6. The van der Waals surface area contributed by atoms with Gasteiger partial charge in [-0.1, -0.05) is 36.4 Å². The molecule has 0 radical (unpaired) electrons. The third-order valence-corrected chi connectivity index (χ3v) is 4.87. The number of rotatable bonds is 2. The van der Waals surface area contributed by atoms with Gasteiger partial charge in [-0.25, -0.2) is 12.4 Å². The van der Waals surface area contributed by atoms with Gasteiger partial charge in [0.05, 0.1) is 10.4 Å². The first-order valence-corrected chi connectivity index (χ1v) is 7.42. The SMILES string of the molecule is Cc1cn(S(=O)(=O)c2ccccc2)c2ccccc12. The topological polar surface area (TPSA) is 39.1 Å². The summed E-state index contributed by atoms with van der Waals surface area (Å²) in [5.41, 5.74) is 1.67. The molecule has 0 saturated carbocycles. The smallest absolute Gasteiger partial charge is 0.241 e. The van der Waals surface area contributed by atoms with Gasteiger partial charge in [-0.2, -0.15) is 0 Å². The van der Waals surface area contributed by atoms with Crippen molar-refractivity contribution in [3.63, 3.8) is 0 Å². The predicted octanol–water partition coefficient (Wildman–Crippen LogP) is 3.19. The van der Waals surface area contributed by atoms with Crippen molar-refractivity contribution in [1.29, 1.82) is 0 Å². The van der Waals surface area contributed by atoms with Gasteiger partial charge in [-0.3, -0.25) is 0 Å². The van der Waals surface area contributed by atoms with E-state index in [9.17, 15) is 8.42 Å². The Hall–Kier alpha value is -2.07. The van der Waals surface area contributed by atoms with Gasteiger partial charge in [0.1, 0.15) is 0 Å². The van der Waals surface area contributed by atoms with Crippen LogP contribution in [0, 0.1) is 6.92 Å².